The second kappa shape index (κ2) is 8.04. The predicted octanol–water partition coefficient (Wildman–Crippen LogP) is 5.76. The normalized spacial score (nSPS) is 23.3. The molecule has 0 spiro atoms. The van der Waals surface area contributed by atoms with Gasteiger partial charge >= 0.3 is 0 Å². The number of amides is 1. The third kappa shape index (κ3) is 3.63. The molecule has 1 amide bonds. The summed E-state index contributed by atoms with van der Waals surface area (Å²) >= 11 is 11.9. The van der Waals surface area contributed by atoms with E-state index in [0.29, 0.717) is 15.8 Å². The number of halogens is 1. The zero-order valence-corrected chi connectivity index (χ0v) is 20.1. The molecular weight excluding hydrogens is 454 g/mol. The Balaban J connectivity index is 1.64. The van der Waals surface area contributed by atoms with Gasteiger partial charge in [0.15, 0.2) is 10.8 Å². The lowest BCUT2D eigenvalue weighted by atomic mass is 9.78. The number of benzene rings is 3. The van der Waals surface area contributed by atoms with E-state index in [1.165, 1.54) is 0 Å². The number of thiocarbonyl (C=S) groups is 1. The third-order valence-electron chi connectivity index (χ3n) is 6.40. The van der Waals surface area contributed by atoms with Crippen LogP contribution in [0, 0.1) is 19.8 Å². The number of para-hydroxylation sites is 1. The fourth-order valence-corrected chi connectivity index (χ4v) is 5.37. The van der Waals surface area contributed by atoms with Crippen LogP contribution in [0.5, 0.6) is 5.75 Å². The first-order valence-corrected chi connectivity index (χ1v) is 11.6. The number of ether oxygens (including phenoxy) is 1. The lowest BCUT2D eigenvalue weighted by molar-refractivity contribution is -0.130. The van der Waals surface area contributed by atoms with Gasteiger partial charge in [0.05, 0.1) is 6.04 Å². The van der Waals surface area contributed by atoms with Gasteiger partial charge in [0, 0.05) is 22.0 Å². The highest BCUT2D eigenvalue weighted by atomic mass is 35.5. The summed E-state index contributed by atoms with van der Waals surface area (Å²) < 4.78 is 6.64. The van der Waals surface area contributed by atoms with Gasteiger partial charge in [0.1, 0.15) is 11.7 Å². The minimum Gasteiger partial charge on any atom is -0.467 e. The molecule has 5 rings (SSSR count). The maximum Gasteiger partial charge on any atom is 0.236 e. The summed E-state index contributed by atoms with van der Waals surface area (Å²) in [4.78, 5) is 15.7. The van der Waals surface area contributed by atoms with E-state index in [2.05, 4.69) is 16.7 Å². The first kappa shape index (κ1) is 21.7. The molecule has 0 aromatic heterocycles. The Hall–Kier alpha value is -3.09. The molecule has 3 atom stereocenters. The van der Waals surface area contributed by atoms with Crippen LogP contribution in [0.2, 0.25) is 5.02 Å². The van der Waals surface area contributed by atoms with Crippen LogP contribution in [0.1, 0.15) is 29.7 Å². The highest BCUT2D eigenvalue weighted by Gasteiger charge is 2.59. The molecule has 2 bridgehead atoms. The molecule has 2 N–H and O–H groups in total. The molecule has 2 heterocycles. The molecule has 3 aromatic rings. The molecule has 2 aliphatic rings. The quantitative estimate of drug-likeness (QED) is 0.470. The van der Waals surface area contributed by atoms with Gasteiger partial charge in [0.2, 0.25) is 5.91 Å². The molecule has 1 fully saturated rings. The van der Waals surface area contributed by atoms with Gasteiger partial charge < -0.3 is 15.4 Å². The maximum absolute atomic E-state index is 13.8. The standard InChI is InChI=1S/C26H24ClN3O2S/c1-15-8-13-21-19(14-15)23-22(24(31)28-18-11-9-17(27)10-12-18)26(3,32-21)30(25(33)29-23)20-7-5-4-6-16(20)2/h4-14,22-23H,1-3H3,(H,28,31)(H,29,33). The monoisotopic (exact) mass is 477 g/mol. The summed E-state index contributed by atoms with van der Waals surface area (Å²) in [6.07, 6.45) is 0. The van der Waals surface area contributed by atoms with Crippen molar-refractivity contribution in [1.82, 2.24) is 5.32 Å². The van der Waals surface area contributed by atoms with Crippen LogP contribution in [0.3, 0.4) is 0 Å². The van der Waals surface area contributed by atoms with E-state index in [9.17, 15) is 4.79 Å². The average molecular weight is 478 g/mol. The Morgan fingerprint density at radius 1 is 1.12 bits per heavy atom. The molecule has 0 radical (unpaired) electrons. The van der Waals surface area contributed by atoms with Gasteiger partial charge in [-0.3, -0.25) is 9.69 Å². The van der Waals surface area contributed by atoms with Gasteiger partial charge in [0.25, 0.3) is 0 Å². The second-order valence-electron chi connectivity index (χ2n) is 8.72. The van der Waals surface area contributed by atoms with Crippen molar-refractivity contribution in [3.63, 3.8) is 0 Å². The third-order valence-corrected chi connectivity index (χ3v) is 6.96. The van der Waals surface area contributed by atoms with Crippen molar-refractivity contribution in [1.29, 1.82) is 0 Å². The van der Waals surface area contributed by atoms with Crippen LogP contribution in [-0.4, -0.2) is 16.7 Å². The van der Waals surface area contributed by atoms with E-state index in [1.807, 2.05) is 62.1 Å². The summed E-state index contributed by atoms with van der Waals surface area (Å²) in [7, 11) is 0. The highest BCUT2D eigenvalue weighted by Crippen LogP contribution is 2.50. The zero-order chi connectivity index (χ0) is 23.3. The Labute approximate surface area is 203 Å². The van der Waals surface area contributed by atoms with Crippen molar-refractivity contribution in [2.75, 3.05) is 10.2 Å². The molecular formula is C26H24ClN3O2S. The van der Waals surface area contributed by atoms with Crippen molar-refractivity contribution < 1.29 is 9.53 Å². The van der Waals surface area contributed by atoms with Gasteiger partial charge in [-0.1, -0.05) is 47.5 Å². The van der Waals surface area contributed by atoms with Gasteiger partial charge in [-0.05, 0) is 75.0 Å². The molecule has 7 heteroatoms. The first-order chi connectivity index (χ1) is 15.8. The van der Waals surface area contributed by atoms with E-state index < -0.39 is 11.6 Å². The summed E-state index contributed by atoms with van der Waals surface area (Å²) in [5.74, 6) is -0.00317. The zero-order valence-electron chi connectivity index (χ0n) is 18.6. The molecule has 168 valence electrons. The van der Waals surface area contributed by atoms with Crippen LogP contribution < -0.4 is 20.3 Å². The number of rotatable bonds is 3. The molecule has 2 aliphatic heterocycles. The minimum atomic E-state index is -1.04. The van der Waals surface area contributed by atoms with Gasteiger partial charge in [-0.2, -0.15) is 0 Å². The number of anilines is 2. The number of fused-ring (bicyclic) bond motifs is 4. The highest BCUT2D eigenvalue weighted by molar-refractivity contribution is 7.80. The van der Waals surface area contributed by atoms with Crippen molar-refractivity contribution in [2.24, 2.45) is 5.92 Å². The fraction of sp³-hybridized carbons (Fsp3) is 0.231. The van der Waals surface area contributed by atoms with Crippen LogP contribution in [0.25, 0.3) is 0 Å². The van der Waals surface area contributed by atoms with Gasteiger partial charge in [-0.15, -0.1) is 0 Å². The maximum atomic E-state index is 13.8. The van der Waals surface area contributed by atoms with Crippen molar-refractivity contribution in [3.8, 4) is 5.75 Å². The largest absolute Gasteiger partial charge is 0.467 e. The molecule has 3 unspecified atom stereocenters. The van der Waals surface area contributed by atoms with E-state index in [4.69, 9.17) is 28.6 Å². The fourth-order valence-electron chi connectivity index (χ4n) is 4.83. The van der Waals surface area contributed by atoms with E-state index in [1.54, 1.807) is 24.3 Å². The molecule has 33 heavy (non-hydrogen) atoms. The molecule has 0 aliphatic carbocycles. The lowest BCUT2D eigenvalue weighted by Crippen LogP contribution is -2.72. The van der Waals surface area contributed by atoms with E-state index in [0.717, 1.165) is 28.1 Å². The predicted molar refractivity (Wildman–Crippen MR) is 136 cm³/mol. The molecule has 0 saturated carbocycles. The van der Waals surface area contributed by atoms with E-state index in [-0.39, 0.29) is 11.9 Å². The topological polar surface area (TPSA) is 53.6 Å². The van der Waals surface area contributed by atoms with Crippen molar-refractivity contribution >= 4 is 46.2 Å². The Bertz CT molecular complexity index is 1260. The Morgan fingerprint density at radius 3 is 2.58 bits per heavy atom. The minimum absolute atomic E-state index is 0.162. The number of hydrogen-bond donors (Lipinski definition) is 2. The van der Waals surface area contributed by atoms with Gasteiger partial charge in [-0.25, -0.2) is 0 Å². The molecule has 3 aromatic carbocycles. The van der Waals surface area contributed by atoms with Crippen LogP contribution in [0.15, 0.2) is 66.7 Å². The number of hydrogen-bond acceptors (Lipinski definition) is 3. The lowest BCUT2D eigenvalue weighted by Gasteiger charge is -2.56. The van der Waals surface area contributed by atoms with Crippen LogP contribution in [-0.2, 0) is 4.79 Å². The summed E-state index contributed by atoms with van der Waals surface area (Å²) in [6, 6.07) is 20.8. The van der Waals surface area contributed by atoms with Crippen LogP contribution >= 0.6 is 23.8 Å². The van der Waals surface area contributed by atoms with Crippen LogP contribution in [0.4, 0.5) is 11.4 Å². The summed E-state index contributed by atoms with van der Waals surface area (Å²) in [5.41, 5.74) is 3.58. The average Bonchev–Trinajstić information content (AvgIpc) is 2.77. The Kier molecular flexibility index (Phi) is 5.30. The smallest absolute Gasteiger partial charge is 0.236 e. The number of nitrogens with one attached hydrogen (secondary N) is 2. The number of aryl methyl sites for hydroxylation is 2. The second-order valence-corrected chi connectivity index (χ2v) is 9.54. The molecule has 1 saturated heterocycles. The summed E-state index contributed by atoms with van der Waals surface area (Å²) in [6.45, 7) is 5.99. The van der Waals surface area contributed by atoms with Crippen molar-refractivity contribution in [2.45, 2.75) is 32.5 Å². The Morgan fingerprint density at radius 2 is 1.85 bits per heavy atom. The number of carbonyl (C=O) groups excluding carboxylic acids is 1. The van der Waals surface area contributed by atoms with Crippen molar-refractivity contribution in [3.05, 3.63) is 88.4 Å². The van der Waals surface area contributed by atoms with E-state index >= 15 is 0 Å². The summed E-state index contributed by atoms with van der Waals surface area (Å²) in [5, 5.41) is 7.64. The number of nitrogens with zero attached hydrogens (tertiary/aromatic N) is 1. The number of carbonyl (C=O) groups is 1. The SMILES string of the molecule is Cc1ccc2c(c1)C1NC(=S)N(c3ccccc3C)C(C)(O2)C1C(=O)Nc1ccc(Cl)cc1. The molecule has 5 nitrogen and oxygen atoms in total. The first-order valence-electron chi connectivity index (χ1n) is 10.8.